The third-order valence-corrected chi connectivity index (χ3v) is 5.93. The van der Waals surface area contributed by atoms with Gasteiger partial charge in [-0.2, -0.15) is 0 Å². The minimum atomic E-state index is 0.342. The molecular formula is C19H23N. The standard InChI is InChI=1S/C19H23N/c1-3-14-8-6-11-19(2)16(14)10-12-20-17-9-5-4-7-15(17)13-18(19)20/h3-5,7,9,13-14,16H,1,6,8,10-12H2,2H3/t14-,16+,19+/m1/s1. The molecular weight excluding hydrogens is 242 g/mol. The van der Waals surface area contributed by atoms with Crippen molar-refractivity contribution in [2.45, 2.75) is 44.6 Å². The van der Waals surface area contributed by atoms with Gasteiger partial charge in [0, 0.05) is 23.2 Å². The summed E-state index contributed by atoms with van der Waals surface area (Å²) in [7, 11) is 0. The molecule has 2 aliphatic rings. The molecule has 2 heterocycles. The number of benzene rings is 1. The average molecular weight is 265 g/mol. The normalized spacial score (nSPS) is 32.6. The van der Waals surface area contributed by atoms with Crippen molar-refractivity contribution >= 4 is 10.9 Å². The maximum Gasteiger partial charge on any atom is 0.0482 e. The summed E-state index contributed by atoms with van der Waals surface area (Å²) in [5.74, 6) is 1.49. The zero-order chi connectivity index (χ0) is 13.7. The van der Waals surface area contributed by atoms with E-state index in [1.807, 2.05) is 0 Å². The molecule has 3 atom stereocenters. The lowest BCUT2D eigenvalue weighted by molar-refractivity contribution is 0.113. The van der Waals surface area contributed by atoms with E-state index in [0.717, 1.165) is 5.92 Å². The summed E-state index contributed by atoms with van der Waals surface area (Å²) in [5.41, 5.74) is 3.33. The van der Waals surface area contributed by atoms with Crippen LogP contribution in [-0.2, 0) is 12.0 Å². The number of nitrogens with zero attached hydrogens (tertiary/aromatic N) is 1. The van der Waals surface area contributed by atoms with Crippen LogP contribution in [-0.4, -0.2) is 4.57 Å². The highest BCUT2D eigenvalue weighted by atomic mass is 15.0. The summed E-state index contributed by atoms with van der Waals surface area (Å²) in [4.78, 5) is 0. The number of rotatable bonds is 1. The summed E-state index contributed by atoms with van der Waals surface area (Å²) >= 11 is 0. The molecule has 4 rings (SSSR count). The summed E-state index contributed by atoms with van der Waals surface area (Å²) in [6, 6.07) is 11.3. The number of aryl methyl sites for hydroxylation is 1. The zero-order valence-electron chi connectivity index (χ0n) is 12.3. The van der Waals surface area contributed by atoms with Crippen LogP contribution in [0.15, 0.2) is 43.0 Å². The molecule has 0 radical (unpaired) electrons. The molecule has 1 aliphatic carbocycles. The minimum absolute atomic E-state index is 0.342. The molecule has 1 heteroatoms. The molecule has 0 bridgehead atoms. The Kier molecular flexibility index (Phi) is 2.60. The van der Waals surface area contributed by atoms with Crippen molar-refractivity contribution in [2.24, 2.45) is 11.8 Å². The van der Waals surface area contributed by atoms with E-state index in [0.29, 0.717) is 11.3 Å². The van der Waals surface area contributed by atoms with E-state index in [1.54, 1.807) is 5.69 Å². The molecule has 0 saturated heterocycles. The van der Waals surface area contributed by atoms with E-state index in [4.69, 9.17) is 0 Å². The van der Waals surface area contributed by atoms with Gasteiger partial charge in [-0.1, -0.05) is 37.6 Å². The van der Waals surface area contributed by atoms with Crippen molar-refractivity contribution in [2.75, 3.05) is 0 Å². The number of allylic oxidation sites excluding steroid dienone is 1. The second-order valence-corrected chi connectivity index (χ2v) is 6.84. The maximum absolute atomic E-state index is 4.10. The highest BCUT2D eigenvalue weighted by molar-refractivity contribution is 5.82. The molecule has 104 valence electrons. The van der Waals surface area contributed by atoms with Gasteiger partial charge < -0.3 is 4.57 Å². The first kappa shape index (κ1) is 12.3. The van der Waals surface area contributed by atoms with E-state index < -0.39 is 0 Å². The van der Waals surface area contributed by atoms with E-state index in [-0.39, 0.29) is 0 Å². The average Bonchev–Trinajstić information content (AvgIpc) is 2.86. The van der Waals surface area contributed by atoms with Gasteiger partial charge in [0.1, 0.15) is 0 Å². The Bertz CT molecular complexity index is 665. The molecule has 0 spiro atoms. The van der Waals surface area contributed by atoms with E-state index >= 15 is 0 Å². The predicted octanol–water partition coefficient (Wildman–Crippen LogP) is 4.91. The monoisotopic (exact) mass is 265 g/mol. The van der Waals surface area contributed by atoms with Gasteiger partial charge >= 0.3 is 0 Å². The van der Waals surface area contributed by atoms with Crippen LogP contribution in [0.2, 0.25) is 0 Å². The van der Waals surface area contributed by atoms with Crippen LogP contribution in [0.25, 0.3) is 10.9 Å². The molecule has 0 amide bonds. The first-order valence-corrected chi connectivity index (χ1v) is 7.95. The SMILES string of the molecule is C=C[C@@H]1CCC[C@]2(C)c3cc4ccccc4n3CC[C@@H]12. The van der Waals surface area contributed by atoms with Gasteiger partial charge in [0.2, 0.25) is 0 Å². The van der Waals surface area contributed by atoms with Gasteiger partial charge in [0.25, 0.3) is 0 Å². The van der Waals surface area contributed by atoms with Crippen molar-refractivity contribution in [3.8, 4) is 0 Å². The summed E-state index contributed by atoms with van der Waals surface area (Å²) in [6.07, 6.45) is 7.53. The van der Waals surface area contributed by atoms with Gasteiger partial charge in [0.05, 0.1) is 0 Å². The van der Waals surface area contributed by atoms with Gasteiger partial charge in [-0.15, -0.1) is 6.58 Å². The van der Waals surface area contributed by atoms with Crippen molar-refractivity contribution in [1.82, 2.24) is 4.57 Å². The molecule has 1 fully saturated rings. The van der Waals surface area contributed by atoms with Gasteiger partial charge in [-0.25, -0.2) is 0 Å². The Morgan fingerprint density at radius 3 is 3.00 bits per heavy atom. The maximum atomic E-state index is 4.10. The molecule has 1 saturated carbocycles. The molecule has 0 N–H and O–H groups in total. The van der Waals surface area contributed by atoms with Crippen LogP contribution >= 0.6 is 0 Å². The van der Waals surface area contributed by atoms with Crippen LogP contribution in [0.5, 0.6) is 0 Å². The largest absolute Gasteiger partial charge is 0.344 e. The van der Waals surface area contributed by atoms with Crippen LogP contribution in [0.4, 0.5) is 0 Å². The van der Waals surface area contributed by atoms with Gasteiger partial charge in [-0.05, 0) is 48.6 Å². The zero-order valence-corrected chi connectivity index (χ0v) is 12.3. The van der Waals surface area contributed by atoms with E-state index in [2.05, 4.69) is 54.5 Å². The second kappa shape index (κ2) is 4.25. The third kappa shape index (κ3) is 1.49. The van der Waals surface area contributed by atoms with E-state index in [1.165, 1.54) is 43.1 Å². The topological polar surface area (TPSA) is 4.93 Å². The third-order valence-electron chi connectivity index (χ3n) is 5.93. The number of hydrogen-bond acceptors (Lipinski definition) is 0. The lowest BCUT2D eigenvalue weighted by Crippen LogP contribution is -2.45. The van der Waals surface area contributed by atoms with E-state index in [9.17, 15) is 0 Å². The smallest absolute Gasteiger partial charge is 0.0482 e. The number of fused-ring (bicyclic) bond motifs is 5. The van der Waals surface area contributed by atoms with Crippen molar-refractivity contribution in [3.63, 3.8) is 0 Å². The van der Waals surface area contributed by atoms with Crippen molar-refractivity contribution in [1.29, 1.82) is 0 Å². The van der Waals surface area contributed by atoms with Gasteiger partial charge in [-0.3, -0.25) is 0 Å². The summed E-state index contributed by atoms with van der Waals surface area (Å²) in [6.45, 7) is 7.77. The van der Waals surface area contributed by atoms with Crippen LogP contribution in [0.1, 0.15) is 38.3 Å². The molecule has 2 aromatic rings. The van der Waals surface area contributed by atoms with Gasteiger partial charge in [0.15, 0.2) is 0 Å². The lowest BCUT2D eigenvalue weighted by atomic mass is 9.59. The number of aromatic nitrogens is 1. The molecule has 1 nitrogen and oxygen atoms in total. The second-order valence-electron chi connectivity index (χ2n) is 6.84. The summed E-state index contributed by atoms with van der Waals surface area (Å²) < 4.78 is 2.58. The Balaban J connectivity index is 1.91. The Labute approximate surface area is 121 Å². The fraction of sp³-hybridized carbons (Fsp3) is 0.474. The molecule has 20 heavy (non-hydrogen) atoms. The van der Waals surface area contributed by atoms with Crippen molar-refractivity contribution < 1.29 is 0 Å². The fourth-order valence-electron chi connectivity index (χ4n) is 4.89. The van der Waals surface area contributed by atoms with Crippen LogP contribution in [0.3, 0.4) is 0 Å². The molecule has 1 aliphatic heterocycles. The minimum Gasteiger partial charge on any atom is -0.344 e. The van der Waals surface area contributed by atoms with Crippen molar-refractivity contribution in [3.05, 3.63) is 48.7 Å². The molecule has 1 aromatic heterocycles. The summed E-state index contributed by atoms with van der Waals surface area (Å²) in [5, 5.41) is 1.41. The fourth-order valence-corrected chi connectivity index (χ4v) is 4.89. The lowest BCUT2D eigenvalue weighted by Gasteiger charge is -2.49. The first-order valence-electron chi connectivity index (χ1n) is 7.95. The first-order chi connectivity index (χ1) is 9.74. The Morgan fingerprint density at radius 2 is 2.15 bits per heavy atom. The highest BCUT2D eigenvalue weighted by Crippen LogP contribution is 2.52. The molecule has 0 unspecified atom stereocenters. The Hall–Kier alpha value is -1.50. The number of para-hydroxylation sites is 1. The highest BCUT2D eigenvalue weighted by Gasteiger charge is 2.46. The number of hydrogen-bond donors (Lipinski definition) is 0. The quantitative estimate of drug-likeness (QED) is 0.646. The molecule has 1 aromatic carbocycles. The van der Waals surface area contributed by atoms with Crippen LogP contribution in [0, 0.1) is 11.8 Å². The van der Waals surface area contributed by atoms with Crippen LogP contribution < -0.4 is 0 Å². The Morgan fingerprint density at radius 1 is 1.30 bits per heavy atom. The predicted molar refractivity (Wildman–Crippen MR) is 84.9 cm³/mol.